The number of hydrogen-bond donors (Lipinski definition) is 4. The number of ether oxygens (including phenoxy) is 5. The van der Waals surface area contributed by atoms with Crippen molar-refractivity contribution in [3.63, 3.8) is 0 Å². The van der Waals surface area contributed by atoms with Gasteiger partial charge in [0.25, 0.3) is 0 Å². The Morgan fingerprint density at radius 2 is 1.51 bits per heavy atom. The van der Waals surface area contributed by atoms with E-state index < -0.39 is 12.0 Å². The van der Waals surface area contributed by atoms with E-state index in [1.54, 1.807) is 0 Å². The molecular formula is C35H51N7O7. The molecule has 4 aromatic rings. The van der Waals surface area contributed by atoms with Gasteiger partial charge in [-0.3, -0.25) is 0 Å². The average Bonchev–Trinajstić information content (AvgIpc) is 3.59. The summed E-state index contributed by atoms with van der Waals surface area (Å²) in [5.74, 6) is -0.409. The third-order valence-corrected chi connectivity index (χ3v) is 7.81. The number of hydrogen-bond acceptors (Lipinski definition) is 12. The Hall–Kier alpha value is -3.76. The normalized spacial score (nSPS) is 12.3. The number of carboxylic acids is 1. The first-order valence-electron chi connectivity index (χ1n) is 17.1. The van der Waals surface area contributed by atoms with Gasteiger partial charge in [0.05, 0.1) is 71.6 Å². The summed E-state index contributed by atoms with van der Waals surface area (Å²) in [5, 5.41) is 15.1. The van der Waals surface area contributed by atoms with E-state index in [4.69, 9.17) is 34.4 Å². The number of rotatable bonds is 28. The van der Waals surface area contributed by atoms with E-state index in [0.717, 1.165) is 53.4 Å². The Morgan fingerprint density at radius 1 is 0.816 bits per heavy atom. The van der Waals surface area contributed by atoms with Crippen LogP contribution in [0.3, 0.4) is 0 Å². The molecule has 0 spiro atoms. The number of aryl methyl sites for hydroxylation is 1. The second-order valence-corrected chi connectivity index (χ2v) is 11.4. The van der Waals surface area contributed by atoms with E-state index in [1.165, 1.54) is 6.33 Å². The van der Waals surface area contributed by atoms with Crippen molar-refractivity contribution in [3.8, 4) is 0 Å². The van der Waals surface area contributed by atoms with Crippen LogP contribution < -0.4 is 11.1 Å². The summed E-state index contributed by atoms with van der Waals surface area (Å²) in [7, 11) is 0. The maximum absolute atomic E-state index is 12.3. The zero-order valence-corrected chi connectivity index (χ0v) is 28.3. The molecule has 0 amide bonds. The van der Waals surface area contributed by atoms with Crippen molar-refractivity contribution < 1.29 is 33.6 Å². The number of benzene rings is 1. The molecule has 4 rings (SSSR count). The molecule has 268 valence electrons. The standard InChI is InChI=1S/C35H51N7O7/c36-12-17-45-19-21-47-23-25-49-26-24-48-22-20-46-18-16-42(14-4-3-5-29-9-8-28-10-13-37-33(28)40-29)15-11-32(35(43)44)41-34-30-6-1-2-7-31(30)38-27-39-34/h1-2,6-10,13,27,32H,3-5,11-12,14-26,36H2,(H,37,40)(H,43,44)(H,38,39,41). The molecule has 1 atom stereocenters. The molecule has 0 fully saturated rings. The summed E-state index contributed by atoms with van der Waals surface area (Å²) in [5.41, 5.74) is 8.09. The van der Waals surface area contributed by atoms with Crippen LogP contribution in [0.1, 0.15) is 25.0 Å². The van der Waals surface area contributed by atoms with Crippen LogP contribution in [0.15, 0.2) is 55.0 Å². The van der Waals surface area contributed by atoms with E-state index in [0.29, 0.717) is 97.9 Å². The molecule has 1 aromatic carbocycles. The van der Waals surface area contributed by atoms with Gasteiger partial charge in [0.1, 0.15) is 23.8 Å². The lowest BCUT2D eigenvalue weighted by atomic mass is 10.1. The van der Waals surface area contributed by atoms with Crippen molar-refractivity contribution in [2.75, 3.05) is 97.6 Å². The lowest BCUT2D eigenvalue weighted by Gasteiger charge is -2.24. The maximum Gasteiger partial charge on any atom is 0.326 e. The summed E-state index contributed by atoms with van der Waals surface area (Å²) in [6.07, 6.45) is 6.54. The summed E-state index contributed by atoms with van der Waals surface area (Å²) < 4.78 is 27.7. The van der Waals surface area contributed by atoms with Gasteiger partial charge in [0.15, 0.2) is 0 Å². The molecule has 3 aromatic heterocycles. The number of fused-ring (bicyclic) bond motifs is 2. The third kappa shape index (κ3) is 14.3. The van der Waals surface area contributed by atoms with Crippen LogP contribution in [0.2, 0.25) is 0 Å². The number of pyridine rings is 1. The number of nitrogens with zero attached hydrogens (tertiary/aromatic N) is 4. The number of aromatic nitrogens is 4. The first-order chi connectivity index (χ1) is 24.1. The van der Waals surface area contributed by atoms with Crippen molar-refractivity contribution in [2.45, 2.75) is 31.7 Å². The minimum Gasteiger partial charge on any atom is -0.480 e. The number of nitrogens with two attached hydrogens (primary N) is 1. The van der Waals surface area contributed by atoms with Crippen LogP contribution in [0, 0.1) is 0 Å². The number of aromatic amines is 1. The molecule has 0 aliphatic rings. The number of para-hydroxylation sites is 1. The molecule has 0 bridgehead atoms. The Labute approximate surface area is 287 Å². The van der Waals surface area contributed by atoms with Crippen LogP contribution in [-0.2, 0) is 34.9 Å². The molecule has 0 saturated carbocycles. The van der Waals surface area contributed by atoms with Gasteiger partial charge in [0, 0.05) is 42.3 Å². The monoisotopic (exact) mass is 681 g/mol. The first-order valence-corrected chi connectivity index (χ1v) is 17.1. The number of aliphatic carboxylic acids is 1. The molecule has 49 heavy (non-hydrogen) atoms. The molecule has 1 unspecified atom stereocenters. The summed E-state index contributed by atoms with van der Waals surface area (Å²) in [6.45, 7) is 7.59. The quantitative estimate of drug-likeness (QED) is 0.0643. The summed E-state index contributed by atoms with van der Waals surface area (Å²) in [4.78, 5) is 31.0. The fourth-order valence-electron chi connectivity index (χ4n) is 5.20. The van der Waals surface area contributed by atoms with Gasteiger partial charge in [-0.25, -0.2) is 19.7 Å². The van der Waals surface area contributed by atoms with Gasteiger partial charge in [-0.05, 0) is 62.6 Å². The van der Waals surface area contributed by atoms with Gasteiger partial charge in [-0.2, -0.15) is 0 Å². The average molecular weight is 682 g/mol. The fourth-order valence-corrected chi connectivity index (χ4v) is 5.20. The van der Waals surface area contributed by atoms with Gasteiger partial charge in [-0.1, -0.05) is 12.1 Å². The lowest BCUT2D eigenvalue weighted by molar-refractivity contribution is -0.138. The minimum atomic E-state index is -0.925. The van der Waals surface area contributed by atoms with E-state index in [-0.39, 0.29) is 0 Å². The molecule has 0 aliphatic carbocycles. The van der Waals surface area contributed by atoms with E-state index in [9.17, 15) is 9.90 Å². The zero-order chi connectivity index (χ0) is 34.4. The highest BCUT2D eigenvalue weighted by Crippen LogP contribution is 2.20. The number of anilines is 1. The van der Waals surface area contributed by atoms with E-state index in [2.05, 4.69) is 37.3 Å². The third-order valence-electron chi connectivity index (χ3n) is 7.81. The second-order valence-electron chi connectivity index (χ2n) is 11.4. The topological polar surface area (TPSA) is 179 Å². The van der Waals surface area contributed by atoms with E-state index >= 15 is 0 Å². The van der Waals surface area contributed by atoms with Crippen LogP contribution in [-0.4, -0.2) is 134 Å². The minimum absolute atomic E-state index is 0.398. The predicted octanol–water partition coefficient (Wildman–Crippen LogP) is 3.13. The van der Waals surface area contributed by atoms with Gasteiger partial charge in [-0.15, -0.1) is 0 Å². The van der Waals surface area contributed by atoms with Crippen LogP contribution in [0.5, 0.6) is 0 Å². The smallest absolute Gasteiger partial charge is 0.326 e. The Kier molecular flexibility index (Phi) is 17.7. The molecular weight excluding hydrogens is 630 g/mol. The Bertz CT molecular complexity index is 1490. The fraction of sp³-hybridized carbons (Fsp3) is 0.543. The Morgan fingerprint density at radius 3 is 2.22 bits per heavy atom. The van der Waals surface area contributed by atoms with Crippen LogP contribution >= 0.6 is 0 Å². The first kappa shape index (κ1) is 38.0. The molecule has 0 aliphatic heterocycles. The van der Waals surface area contributed by atoms with Crippen molar-refractivity contribution in [3.05, 3.63) is 60.7 Å². The number of unbranched alkanes of at least 4 members (excludes halogenated alkanes) is 1. The summed E-state index contributed by atoms with van der Waals surface area (Å²) in [6, 6.07) is 12.9. The molecule has 14 nitrogen and oxygen atoms in total. The summed E-state index contributed by atoms with van der Waals surface area (Å²) >= 11 is 0. The maximum atomic E-state index is 12.3. The highest BCUT2D eigenvalue weighted by Gasteiger charge is 2.20. The highest BCUT2D eigenvalue weighted by atomic mass is 16.6. The van der Waals surface area contributed by atoms with Gasteiger partial charge < -0.3 is 49.7 Å². The molecule has 0 saturated heterocycles. The zero-order valence-electron chi connectivity index (χ0n) is 28.3. The van der Waals surface area contributed by atoms with Gasteiger partial charge >= 0.3 is 5.97 Å². The van der Waals surface area contributed by atoms with Crippen LogP contribution in [0.4, 0.5) is 5.82 Å². The predicted molar refractivity (Wildman–Crippen MR) is 188 cm³/mol. The molecule has 0 radical (unpaired) electrons. The molecule has 5 N–H and O–H groups in total. The van der Waals surface area contributed by atoms with Crippen molar-refractivity contribution in [1.82, 2.24) is 24.8 Å². The largest absolute Gasteiger partial charge is 0.480 e. The molecule has 3 heterocycles. The second kappa shape index (κ2) is 22.8. The van der Waals surface area contributed by atoms with Crippen LogP contribution in [0.25, 0.3) is 21.9 Å². The number of H-pyrrole nitrogens is 1. The highest BCUT2D eigenvalue weighted by molar-refractivity contribution is 5.90. The van der Waals surface area contributed by atoms with Crippen molar-refractivity contribution in [2.24, 2.45) is 5.73 Å². The van der Waals surface area contributed by atoms with Crippen molar-refractivity contribution in [1.29, 1.82) is 0 Å². The molecule has 14 heteroatoms. The SMILES string of the molecule is NCCOCCOCCOCCOCCOCCN(CCCCc1ccc2cc[nH]c2n1)CCC(Nc1ncnc2ccccc12)C(=O)O. The van der Waals surface area contributed by atoms with Gasteiger partial charge in [0.2, 0.25) is 0 Å². The number of carbonyl (C=O) groups is 1. The van der Waals surface area contributed by atoms with Crippen molar-refractivity contribution >= 4 is 33.7 Å². The number of carboxylic acid groups (broad SMARTS) is 1. The number of nitrogens with one attached hydrogen (secondary N) is 2. The van der Waals surface area contributed by atoms with E-state index in [1.807, 2.05) is 36.5 Å². The Balaban J connectivity index is 1.16. The lowest BCUT2D eigenvalue weighted by Crippen LogP contribution is -2.37.